The number of aromatic nitrogens is 2. The van der Waals surface area contributed by atoms with E-state index in [1.165, 1.54) is 18.1 Å². The summed E-state index contributed by atoms with van der Waals surface area (Å²) in [5.41, 5.74) is -0.370. The van der Waals surface area contributed by atoms with E-state index in [2.05, 4.69) is 4.99 Å². The van der Waals surface area contributed by atoms with Crippen molar-refractivity contribution in [3.63, 3.8) is 0 Å². The van der Waals surface area contributed by atoms with Crippen molar-refractivity contribution >= 4 is 17.5 Å². The van der Waals surface area contributed by atoms with Crippen LogP contribution in [0.5, 0.6) is 0 Å². The summed E-state index contributed by atoms with van der Waals surface area (Å²) in [5, 5.41) is 8.67. The lowest BCUT2D eigenvalue weighted by atomic mass is 10.6. The maximum absolute atomic E-state index is 11.7. The van der Waals surface area contributed by atoms with Crippen LogP contribution in [-0.2, 0) is 22.6 Å². The van der Waals surface area contributed by atoms with Gasteiger partial charge in [-0.05, 0) is 11.5 Å². The molecule has 0 atom stereocenters. The van der Waals surface area contributed by atoms with Crippen molar-refractivity contribution in [2.24, 2.45) is 4.99 Å². The average Bonchev–Trinajstić information content (AvgIpc) is 2.53. The van der Waals surface area contributed by atoms with Gasteiger partial charge in [0.2, 0.25) is 4.80 Å². The Kier molecular flexibility index (Phi) is 4.44. The molecule has 0 bridgehead atoms. The number of rotatable bonds is 5. The molecule has 0 aromatic carbocycles. The van der Waals surface area contributed by atoms with E-state index in [9.17, 15) is 9.59 Å². The summed E-state index contributed by atoms with van der Waals surface area (Å²) < 4.78 is 7.41. The number of carboxylic acid groups (broad SMARTS) is 1. The zero-order valence-corrected chi connectivity index (χ0v) is 9.86. The molecule has 1 heterocycles. The Hall–Kier alpha value is -1.41. The van der Waals surface area contributed by atoms with Crippen molar-refractivity contribution in [2.75, 3.05) is 20.8 Å². The maximum atomic E-state index is 11.7. The SMILES string of the molecule is CN=c1sn(CCOC)c(=O)n1CC(=O)O. The minimum Gasteiger partial charge on any atom is -0.480 e. The molecule has 1 aromatic rings. The van der Waals surface area contributed by atoms with Gasteiger partial charge >= 0.3 is 11.7 Å². The van der Waals surface area contributed by atoms with Gasteiger partial charge in [-0.3, -0.25) is 14.4 Å². The van der Waals surface area contributed by atoms with Crippen molar-refractivity contribution in [3.8, 4) is 0 Å². The summed E-state index contributed by atoms with van der Waals surface area (Å²) in [6.45, 7) is 0.424. The summed E-state index contributed by atoms with van der Waals surface area (Å²) in [6.07, 6.45) is 0. The van der Waals surface area contributed by atoms with E-state index in [0.717, 1.165) is 16.1 Å². The minimum atomic E-state index is -1.07. The fourth-order valence-electron chi connectivity index (χ4n) is 1.15. The fourth-order valence-corrected chi connectivity index (χ4v) is 2.01. The lowest BCUT2D eigenvalue weighted by molar-refractivity contribution is -0.137. The van der Waals surface area contributed by atoms with E-state index in [0.29, 0.717) is 18.0 Å². The molecule has 1 aromatic heterocycles. The first-order chi connectivity index (χ1) is 7.60. The quantitative estimate of drug-likeness (QED) is 0.721. The molecule has 0 aliphatic carbocycles. The molecule has 0 unspecified atom stereocenters. The predicted octanol–water partition coefficient (Wildman–Crippen LogP) is -1.03. The molecular weight excluding hydrogens is 234 g/mol. The van der Waals surface area contributed by atoms with Crippen molar-refractivity contribution in [3.05, 3.63) is 15.3 Å². The molecule has 7 nitrogen and oxygen atoms in total. The van der Waals surface area contributed by atoms with Crippen molar-refractivity contribution in [1.82, 2.24) is 8.52 Å². The highest BCUT2D eigenvalue weighted by Gasteiger charge is 2.10. The second-order valence-corrected chi connectivity index (χ2v) is 3.94. The summed E-state index contributed by atoms with van der Waals surface area (Å²) in [6, 6.07) is 0. The van der Waals surface area contributed by atoms with Gasteiger partial charge in [0.25, 0.3) is 0 Å². The lowest BCUT2D eigenvalue weighted by Gasteiger charge is -1.97. The number of ether oxygens (including phenoxy) is 1. The summed E-state index contributed by atoms with van der Waals surface area (Å²) >= 11 is 1.13. The first-order valence-electron chi connectivity index (χ1n) is 4.54. The van der Waals surface area contributed by atoms with Crippen molar-refractivity contribution in [1.29, 1.82) is 0 Å². The Bertz CT molecular complexity index is 484. The first kappa shape index (κ1) is 12.7. The van der Waals surface area contributed by atoms with Crippen molar-refractivity contribution in [2.45, 2.75) is 13.1 Å². The number of carboxylic acids is 1. The van der Waals surface area contributed by atoms with Gasteiger partial charge in [-0.25, -0.2) is 8.75 Å². The van der Waals surface area contributed by atoms with Crippen LogP contribution in [0.2, 0.25) is 0 Å². The Morgan fingerprint density at radius 3 is 2.81 bits per heavy atom. The van der Waals surface area contributed by atoms with Gasteiger partial charge < -0.3 is 9.84 Å². The molecule has 0 saturated heterocycles. The molecule has 1 N–H and O–H groups in total. The van der Waals surface area contributed by atoms with Gasteiger partial charge in [0.1, 0.15) is 6.54 Å². The number of hydrogen-bond donors (Lipinski definition) is 1. The molecule has 0 saturated carbocycles. The van der Waals surface area contributed by atoms with Gasteiger partial charge in [-0.2, -0.15) is 0 Å². The Morgan fingerprint density at radius 1 is 1.62 bits per heavy atom. The third-order valence-corrected chi connectivity index (χ3v) is 2.98. The molecule has 0 spiro atoms. The van der Waals surface area contributed by atoms with Crippen LogP contribution in [0.15, 0.2) is 9.79 Å². The molecule has 0 amide bonds. The molecule has 0 aliphatic heterocycles. The van der Waals surface area contributed by atoms with Gasteiger partial charge in [-0.1, -0.05) is 0 Å². The Balaban J connectivity index is 3.12. The molecular formula is C8H13N3O4S. The topological polar surface area (TPSA) is 85.8 Å². The van der Waals surface area contributed by atoms with Crippen LogP contribution in [0.3, 0.4) is 0 Å². The highest BCUT2D eigenvalue weighted by atomic mass is 32.1. The monoisotopic (exact) mass is 247 g/mol. The third-order valence-electron chi connectivity index (χ3n) is 1.85. The zero-order valence-electron chi connectivity index (χ0n) is 9.04. The van der Waals surface area contributed by atoms with Crippen molar-refractivity contribution < 1.29 is 14.6 Å². The number of methoxy groups -OCH3 is 1. The fraction of sp³-hybridized carbons (Fsp3) is 0.625. The predicted molar refractivity (Wildman–Crippen MR) is 57.6 cm³/mol. The second kappa shape index (κ2) is 5.61. The molecule has 0 radical (unpaired) electrons. The highest BCUT2D eigenvalue weighted by Crippen LogP contribution is 1.88. The molecule has 1 rings (SSSR count). The Labute approximate surface area is 95.4 Å². The van der Waals surface area contributed by atoms with E-state index in [-0.39, 0.29) is 12.2 Å². The minimum absolute atomic E-state index is 0.370. The van der Waals surface area contributed by atoms with Crippen LogP contribution in [0.25, 0.3) is 0 Å². The summed E-state index contributed by atoms with van der Waals surface area (Å²) in [7, 11) is 3.05. The van der Waals surface area contributed by atoms with E-state index in [4.69, 9.17) is 9.84 Å². The van der Waals surface area contributed by atoms with E-state index >= 15 is 0 Å². The van der Waals surface area contributed by atoms with E-state index in [1.54, 1.807) is 0 Å². The standard InChI is InChI=1S/C8H13N3O4S/c1-9-7-10(5-6(12)13)8(14)11(16-7)3-4-15-2/h3-5H2,1-2H3,(H,12,13). The Morgan fingerprint density at radius 2 is 2.31 bits per heavy atom. The number of nitrogens with zero attached hydrogens (tertiary/aromatic N) is 3. The molecule has 0 fully saturated rings. The first-order valence-corrected chi connectivity index (χ1v) is 5.32. The normalized spacial score (nSPS) is 12.0. The highest BCUT2D eigenvalue weighted by molar-refractivity contribution is 7.03. The smallest absolute Gasteiger partial charge is 0.340 e. The van der Waals surface area contributed by atoms with E-state index in [1.807, 2.05) is 0 Å². The largest absolute Gasteiger partial charge is 0.480 e. The van der Waals surface area contributed by atoms with Gasteiger partial charge in [0.15, 0.2) is 0 Å². The molecule has 8 heteroatoms. The lowest BCUT2D eigenvalue weighted by Crippen LogP contribution is -2.32. The zero-order chi connectivity index (χ0) is 12.1. The van der Waals surface area contributed by atoms with Gasteiger partial charge in [0, 0.05) is 14.2 Å². The summed E-state index contributed by atoms with van der Waals surface area (Å²) in [5.74, 6) is -1.07. The van der Waals surface area contributed by atoms with Crippen LogP contribution >= 0.6 is 11.5 Å². The van der Waals surface area contributed by atoms with Crippen LogP contribution < -0.4 is 10.5 Å². The molecule has 90 valence electrons. The van der Waals surface area contributed by atoms with Gasteiger partial charge in [-0.15, -0.1) is 0 Å². The second-order valence-electron chi connectivity index (χ2n) is 2.95. The maximum Gasteiger partial charge on any atom is 0.340 e. The number of aliphatic carboxylic acids is 1. The van der Waals surface area contributed by atoms with Crippen LogP contribution in [0.1, 0.15) is 0 Å². The van der Waals surface area contributed by atoms with Crippen LogP contribution in [-0.4, -0.2) is 40.4 Å². The van der Waals surface area contributed by atoms with Crippen LogP contribution in [0.4, 0.5) is 0 Å². The van der Waals surface area contributed by atoms with E-state index < -0.39 is 5.97 Å². The average molecular weight is 247 g/mol. The number of hydrogen-bond acceptors (Lipinski definition) is 5. The molecule has 0 aliphatic rings. The third kappa shape index (κ3) is 2.80. The molecule has 16 heavy (non-hydrogen) atoms. The number of carbonyl (C=O) groups is 1. The van der Waals surface area contributed by atoms with Gasteiger partial charge in [0.05, 0.1) is 13.2 Å². The van der Waals surface area contributed by atoms with Crippen LogP contribution in [0, 0.1) is 0 Å². The summed E-state index contributed by atoms with van der Waals surface area (Å²) in [4.78, 5) is 26.6.